The van der Waals surface area contributed by atoms with Crippen molar-refractivity contribution in [2.75, 3.05) is 5.32 Å². The molecule has 0 fully saturated rings. The molecule has 3 nitrogen and oxygen atoms in total. The zero-order valence-electron chi connectivity index (χ0n) is 10.4. The fourth-order valence-corrected chi connectivity index (χ4v) is 2.47. The van der Waals surface area contributed by atoms with Crippen molar-refractivity contribution in [3.8, 4) is 5.75 Å². The number of para-hydroxylation sites is 1. The number of hydrogen-bond donors (Lipinski definition) is 1. The molecule has 1 amide bonds. The highest BCUT2D eigenvalue weighted by Gasteiger charge is 2.29. The molecule has 3 rings (SSSR count). The van der Waals surface area contributed by atoms with Crippen molar-refractivity contribution in [2.24, 2.45) is 0 Å². The summed E-state index contributed by atoms with van der Waals surface area (Å²) in [6.07, 6.45) is -0.115. The molecule has 20 heavy (non-hydrogen) atoms. The number of hydrogen-bond acceptors (Lipinski definition) is 2. The molecule has 1 aliphatic heterocycles. The molecule has 0 aliphatic carbocycles. The SMILES string of the molecule is O=C(Nc1ccc(Br)cc1F)C1Cc2ccccc2O1. The second-order valence-electron chi connectivity index (χ2n) is 4.53. The van der Waals surface area contributed by atoms with Crippen LogP contribution in [-0.2, 0) is 11.2 Å². The summed E-state index contributed by atoms with van der Waals surface area (Å²) in [5, 5.41) is 2.55. The maximum Gasteiger partial charge on any atom is 0.265 e. The van der Waals surface area contributed by atoms with Crippen LogP contribution >= 0.6 is 15.9 Å². The van der Waals surface area contributed by atoms with Crippen molar-refractivity contribution in [1.82, 2.24) is 0 Å². The van der Waals surface area contributed by atoms with E-state index in [9.17, 15) is 9.18 Å². The zero-order chi connectivity index (χ0) is 14.1. The quantitative estimate of drug-likeness (QED) is 0.911. The Balaban J connectivity index is 1.72. The number of rotatable bonds is 2. The van der Waals surface area contributed by atoms with Gasteiger partial charge in [-0.25, -0.2) is 4.39 Å². The first-order valence-corrected chi connectivity index (χ1v) is 6.93. The molecule has 0 saturated heterocycles. The number of amides is 1. The lowest BCUT2D eigenvalue weighted by Gasteiger charge is -2.12. The van der Waals surface area contributed by atoms with Gasteiger partial charge in [0.05, 0.1) is 5.69 Å². The van der Waals surface area contributed by atoms with Gasteiger partial charge in [0.1, 0.15) is 11.6 Å². The summed E-state index contributed by atoms with van der Waals surface area (Å²) < 4.78 is 19.9. The van der Waals surface area contributed by atoms with Gasteiger partial charge >= 0.3 is 0 Å². The summed E-state index contributed by atoms with van der Waals surface area (Å²) in [6.45, 7) is 0. The second-order valence-corrected chi connectivity index (χ2v) is 5.45. The van der Waals surface area contributed by atoms with E-state index in [-0.39, 0.29) is 11.6 Å². The Kier molecular flexibility index (Phi) is 3.44. The van der Waals surface area contributed by atoms with E-state index in [0.717, 1.165) is 5.56 Å². The molecule has 0 spiro atoms. The number of benzene rings is 2. The van der Waals surface area contributed by atoms with E-state index < -0.39 is 11.9 Å². The Hall–Kier alpha value is -1.88. The molecule has 5 heteroatoms. The summed E-state index contributed by atoms with van der Waals surface area (Å²) in [4.78, 5) is 12.1. The fourth-order valence-electron chi connectivity index (χ4n) is 2.13. The minimum absolute atomic E-state index is 0.151. The first-order valence-electron chi connectivity index (χ1n) is 6.14. The van der Waals surface area contributed by atoms with Gasteiger partial charge in [0, 0.05) is 10.9 Å². The van der Waals surface area contributed by atoms with E-state index >= 15 is 0 Å². The van der Waals surface area contributed by atoms with Crippen LogP contribution in [0.25, 0.3) is 0 Å². The van der Waals surface area contributed by atoms with Gasteiger partial charge < -0.3 is 10.1 Å². The van der Waals surface area contributed by atoms with Crippen molar-refractivity contribution in [3.63, 3.8) is 0 Å². The standard InChI is InChI=1S/C15H11BrFNO2/c16-10-5-6-12(11(17)8-10)18-15(19)14-7-9-3-1-2-4-13(9)20-14/h1-6,8,14H,7H2,(H,18,19). The van der Waals surface area contributed by atoms with Gasteiger partial charge in [-0.3, -0.25) is 4.79 Å². The van der Waals surface area contributed by atoms with Crippen LogP contribution in [0.15, 0.2) is 46.9 Å². The number of nitrogens with one attached hydrogen (secondary N) is 1. The molecule has 0 aromatic heterocycles. The highest BCUT2D eigenvalue weighted by molar-refractivity contribution is 9.10. The highest BCUT2D eigenvalue weighted by Crippen LogP contribution is 2.29. The van der Waals surface area contributed by atoms with Gasteiger partial charge in [-0.1, -0.05) is 34.1 Å². The Labute approximate surface area is 123 Å². The van der Waals surface area contributed by atoms with Gasteiger partial charge in [-0.15, -0.1) is 0 Å². The molecule has 2 aromatic rings. The third-order valence-electron chi connectivity index (χ3n) is 3.13. The predicted octanol–water partition coefficient (Wildman–Crippen LogP) is 3.53. The van der Waals surface area contributed by atoms with Crippen LogP contribution in [0.2, 0.25) is 0 Å². The molecule has 102 valence electrons. The molecule has 0 saturated carbocycles. The topological polar surface area (TPSA) is 38.3 Å². The lowest BCUT2D eigenvalue weighted by atomic mass is 10.1. The van der Waals surface area contributed by atoms with E-state index in [4.69, 9.17) is 4.74 Å². The largest absolute Gasteiger partial charge is 0.480 e. The van der Waals surface area contributed by atoms with Crippen LogP contribution < -0.4 is 10.1 Å². The zero-order valence-corrected chi connectivity index (χ0v) is 12.0. The van der Waals surface area contributed by atoms with Crippen molar-refractivity contribution >= 4 is 27.5 Å². The van der Waals surface area contributed by atoms with Crippen molar-refractivity contribution in [2.45, 2.75) is 12.5 Å². The average molecular weight is 336 g/mol. The van der Waals surface area contributed by atoms with Crippen LogP contribution in [0.5, 0.6) is 5.75 Å². The molecular weight excluding hydrogens is 325 g/mol. The van der Waals surface area contributed by atoms with Gasteiger partial charge in [-0.05, 0) is 29.8 Å². The second kappa shape index (κ2) is 5.25. The van der Waals surface area contributed by atoms with Crippen molar-refractivity contribution < 1.29 is 13.9 Å². The minimum Gasteiger partial charge on any atom is -0.480 e. The number of carbonyl (C=O) groups excluding carboxylic acids is 1. The normalized spacial score (nSPS) is 16.4. The van der Waals surface area contributed by atoms with E-state index in [2.05, 4.69) is 21.2 Å². The van der Waals surface area contributed by atoms with Crippen LogP contribution in [0, 0.1) is 5.82 Å². The molecule has 1 unspecified atom stereocenters. The van der Waals surface area contributed by atoms with Crippen LogP contribution in [0.4, 0.5) is 10.1 Å². The molecule has 0 bridgehead atoms. The summed E-state index contributed by atoms with van der Waals surface area (Å²) >= 11 is 3.17. The molecule has 0 radical (unpaired) electrons. The Bertz CT molecular complexity index is 650. The molecule has 1 atom stereocenters. The minimum atomic E-state index is -0.615. The van der Waals surface area contributed by atoms with Crippen molar-refractivity contribution in [3.05, 3.63) is 58.3 Å². The number of fused-ring (bicyclic) bond motifs is 1. The molecule has 1 aliphatic rings. The third-order valence-corrected chi connectivity index (χ3v) is 3.62. The van der Waals surface area contributed by atoms with Gasteiger partial charge in [0.25, 0.3) is 5.91 Å². The van der Waals surface area contributed by atoms with E-state index in [0.29, 0.717) is 16.6 Å². The molecule has 1 N–H and O–H groups in total. The van der Waals surface area contributed by atoms with Gasteiger partial charge in [0.15, 0.2) is 6.10 Å². The number of ether oxygens (including phenoxy) is 1. The number of anilines is 1. The summed E-state index contributed by atoms with van der Waals surface area (Å²) in [5.74, 6) is -0.116. The fraction of sp³-hybridized carbons (Fsp3) is 0.133. The number of carbonyl (C=O) groups is 1. The Morgan fingerprint density at radius 3 is 2.85 bits per heavy atom. The van der Waals surface area contributed by atoms with Crippen LogP contribution in [0.1, 0.15) is 5.56 Å². The Morgan fingerprint density at radius 2 is 2.10 bits per heavy atom. The smallest absolute Gasteiger partial charge is 0.265 e. The summed E-state index contributed by atoms with van der Waals surface area (Å²) in [7, 11) is 0. The maximum atomic E-state index is 13.7. The summed E-state index contributed by atoms with van der Waals surface area (Å²) in [5.41, 5.74) is 1.14. The van der Waals surface area contributed by atoms with Gasteiger partial charge in [-0.2, -0.15) is 0 Å². The maximum absolute atomic E-state index is 13.7. The predicted molar refractivity (Wildman–Crippen MR) is 77.3 cm³/mol. The van der Waals surface area contributed by atoms with Crippen LogP contribution in [0.3, 0.4) is 0 Å². The van der Waals surface area contributed by atoms with E-state index in [1.165, 1.54) is 12.1 Å². The Morgan fingerprint density at radius 1 is 1.30 bits per heavy atom. The van der Waals surface area contributed by atoms with Crippen molar-refractivity contribution in [1.29, 1.82) is 0 Å². The van der Waals surface area contributed by atoms with E-state index in [1.54, 1.807) is 6.07 Å². The van der Waals surface area contributed by atoms with Crippen LogP contribution in [-0.4, -0.2) is 12.0 Å². The lowest BCUT2D eigenvalue weighted by Crippen LogP contribution is -2.31. The highest BCUT2D eigenvalue weighted by atomic mass is 79.9. The molecule has 2 aromatic carbocycles. The first-order chi connectivity index (χ1) is 9.63. The first kappa shape index (κ1) is 13.1. The third kappa shape index (κ3) is 2.54. The summed E-state index contributed by atoms with van der Waals surface area (Å²) in [6, 6.07) is 12.0. The monoisotopic (exact) mass is 335 g/mol. The van der Waals surface area contributed by atoms with Gasteiger partial charge in [0.2, 0.25) is 0 Å². The number of halogens is 2. The lowest BCUT2D eigenvalue weighted by molar-refractivity contribution is -0.122. The molecular formula is C15H11BrFNO2. The van der Waals surface area contributed by atoms with E-state index in [1.807, 2.05) is 24.3 Å². The average Bonchev–Trinajstić information content (AvgIpc) is 2.86. The molecule has 1 heterocycles.